The van der Waals surface area contributed by atoms with Crippen LogP contribution in [0.15, 0.2) is 22.7 Å². The first-order chi connectivity index (χ1) is 8.04. The van der Waals surface area contributed by atoms with Crippen molar-refractivity contribution < 1.29 is 14.6 Å². The number of unbranched alkanes of at least 4 members (excludes halogenated alkanes) is 1. The number of hydrogen-bond donors (Lipinski definition) is 1. The molecule has 17 heavy (non-hydrogen) atoms. The van der Waals surface area contributed by atoms with Crippen molar-refractivity contribution in [1.29, 1.82) is 0 Å². The summed E-state index contributed by atoms with van der Waals surface area (Å²) in [6.45, 7) is 3.97. The summed E-state index contributed by atoms with van der Waals surface area (Å²) < 4.78 is 6.48. The van der Waals surface area contributed by atoms with Crippen LogP contribution in [0.5, 0.6) is 5.75 Å². The van der Waals surface area contributed by atoms with E-state index < -0.39 is 12.1 Å². The van der Waals surface area contributed by atoms with Gasteiger partial charge in [-0.25, -0.2) is 4.79 Å². The first-order valence-corrected chi connectivity index (χ1v) is 6.49. The topological polar surface area (TPSA) is 46.5 Å². The highest BCUT2D eigenvalue weighted by Gasteiger charge is 2.18. The number of hydrogen-bond acceptors (Lipinski definition) is 2. The smallest absolute Gasteiger partial charge is 0.344 e. The molecule has 1 N–H and O–H groups in total. The highest BCUT2D eigenvalue weighted by Crippen LogP contribution is 2.23. The van der Waals surface area contributed by atoms with Crippen LogP contribution in [0.25, 0.3) is 0 Å². The fraction of sp³-hybridized carbons (Fsp3) is 0.462. The van der Waals surface area contributed by atoms with Crippen LogP contribution in [-0.2, 0) is 4.79 Å². The molecule has 0 aliphatic carbocycles. The molecular weight excluding hydrogens is 284 g/mol. The van der Waals surface area contributed by atoms with Gasteiger partial charge in [0.15, 0.2) is 6.10 Å². The van der Waals surface area contributed by atoms with Crippen LogP contribution in [0.1, 0.15) is 31.7 Å². The van der Waals surface area contributed by atoms with Crippen LogP contribution in [0, 0.1) is 6.92 Å². The van der Waals surface area contributed by atoms with Crippen LogP contribution in [0.3, 0.4) is 0 Å². The summed E-state index contributed by atoms with van der Waals surface area (Å²) in [5.41, 5.74) is 1.03. The summed E-state index contributed by atoms with van der Waals surface area (Å²) in [4.78, 5) is 11.0. The van der Waals surface area contributed by atoms with Crippen molar-refractivity contribution in [1.82, 2.24) is 0 Å². The van der Waals surface area contributed by atoms with E-state index in [0.29, 0.717) is 12.2 Å². The van der Waals surface area contributed by atoms with Crippen molar-refractivity contribution in [3.63, 3.8) is 0 Å². The average molecular weight is 301 g/mol. The SMILES string of the molecule is CCCCC(Oc1ccc(Br)c(C)c1)C(=O)O. The van der Waals surface area contributed by atoms with Gasteiger partial charge in [-0.3, -0.25) is 0 Å². The van der Waals surface area contributed by atoms with Gasteiger partial charge in [0.2, 0.25) is 0 Å². The predicted molar refractivity (Wildman–Crippen MR) is 70.5 cm³/mol. The summed E-state index contributed by atoms with van der Waals surface area (Å²) in [7, 11) is 0. The van der Waals surface area contributed by atoms with E-state index in [1.54, 1.807) is 6.07 Å². The molecule has 0 fully saturated rings. The Morgan fingerprint density at radius 3 is 2.76 bits per heavy atom. The van der Waals surface area contributed by atoms with Crippen LogP contribution in [-0.4, -0.2) is 17.2 Å². The molecule has 0 bridgehead atoms. The van der Waals surface area contributed by atoms with Crippen LogP contribution >= 0.6 is 15.9 Å². The Balaban J connectivity index is 2.71. The summed E-state index contributed by atoms with van der Waals surface area (Å²) >= 11 is 3.39. The number of aliphatic carboxylic acids is 1. The second-order valence-corrected chi connectivity index (χ2v) is 4.85. The Hall–Kier alpha value is -1.03. The van der Waals surface area contributed by atoms with Crippen molar-refractivity contribution in [3.8, 4) is 5.75 Å². The number of carboxylic acids is 1. The maximum Gasteiger partial charge on any atom is 0.344 e. The van der Waals surface area contributed by atoms with Gasteiger partial charge in [0.1, 0.15) is 5.75 Å². The minimum atomic E-state index is -0.904. The lowest BCUT2D eigenvalue weighted by molar-refractivity contribution is -0.145. The van der Waals surface area contributed by atoms with Crippen LogP contribution in [0.2, 0.25) is 0 Å². The van der Waals surface area contributed by atoms with E-state index in [1.807, 2.05) is 26.0 Å². The van der Waals surface area contributed by atoms with E-state index in [0.717, 1.165) is 22.9 Å². The number of aryl methyl sites for hydroxylation is 1. The summed E-state index contributed by atoms with van der Waals surface area (Å²) in [6.07, 6.45) is 1.61. The Kier molecular flexibility index (Phi) is 5.48. The maximum atomic E-state index is 11.0. The van der Waals surface area contributed by atoms with E-state index in [4.69, 9.17) is 9.84 Å². The number of halogens is 1. The molecule has 0 aromatic heterocycles. The first-order valence-electron chi connectivity index (χ1n) is 5.70. The van der Waals surface area contributed by atoms with Gasteiger partial charge in [-0.05, 0) is 43.5 Å². The first kappa shape index (κ1) is 14.0. The van der Waals surface area contributed by atoms with Crippen molar-refractivity contribution in [3.05, 3.63) is 28.2 Å². The molecule has 0 saturated heterocycles. The number of rotatable bonds is 6. The molecule has 0 saturated carbocycles. The van der Waals surface area contributed by atoms with Crippen molar-refractivity contribution in [2.75, 3.05) is 0 Å². The number of ether oxygens (including phenoxy) is 1. The van der Waals surface area contributed by atoms with Gasteiger partial charge in [-0.15, -0.1) is 0 Å². The molecule has 0 radical (unpaired) electrons. The zero-order valence-corrected chi connectivity index (χ0v) is 11.7. The molecule has 0 spiro atoms. The van der Waals surface area contributed by atoms with E-state index >= 15 is 0 Å². The Morgan fingerprint density at radius 1 is 1.53 bits per heavy atom. The van der Waals surface area contributed by atoms with Gasteiger partial charge in [-0.1, -0.05) is 29.3 Å². The molecule has 1 aromatic rings. The van der Waals surface area contributed by atoms with Crippen molar-refractivity contribution in [2.24, 2.45) is 0 Å². The summed E-state index contributed by atoms with van der Waals surface area (Å²) in [6, 6.07) is 5.48. The summed E-state index contributed by atoms with van der Waals surface area (Å²) in [5.74, 6) is -0.298. The monoisotopic (exact) mass is 300 g/mol. The fourth-order valence-corrected chi connectivity index (χ4v) is 1.72. The highest BCUT2D eigenvalue weighted by atomic mass is 79.9. The quantitative estimate of drug-likeness (QED) is 0.869. The number of benzene rings is 1. The third kappa shape index (κ3) is 4.38. The normalized spacial score (nSPS) is 12.2. The molecule has 1 rings (SSSR count). The molecule has 0 amide bonds. The van der Waals surface area contributed by atoms with Gasteiger partial charge in [0.05, 0.1) is 0 Å². The van der Waals surface area contributed by atoms with E-state index in [9.17, 15) is 4.79 Å². The minimum Gasteiger partial charge on any atom is -0.479 e. The minimum absolute atomic E-state index is 0.543. The molecule has 0 heterocycles. The lowest BCUT2D eigenvalue weighted by Crippen LogP contribution is -2.26. The second kappa shape index (κ2) is 6.64. The van der Waals surface area contributed by atoms with E-state index in [1.165, 1.54) is 0 Å². The third-order valence-electron chi connectivity index (χ3n) is 2.50. The molecule has 94 valence electrons. The largest absolute Gasteiger partial charge is 0.479 e. The molecular formula is C13H17BrO3. The molecule has 4 heteroatoms. The lowest BCUT2D eigenvalue weighted by Gasteiger charge is -2.15. The van der Waals surface area contributed by atoms with E-state index in [-0.39, 0.29) is 0 Å². The van der Waals surface area contributed by atoms with Gasteiger partial charge < -0.3 is 9.84 Å². The lowest BCUT2D eigenvalue weighted by atomic mass is 10.1. The standard InChI is InChI=1S/C13H17BrO3/c1-3-4-5-12(13(15)16)17-10-6-7-11(14)9(2)8-10/h6-8,12H,3-5H2,1-2H3,(H,15,16). The third-order valence-corrected chi connectivity index (χ3v) is 3.39. The van der Waals surface area contributed by atoms with Gasteiger partial charge in [0.25, 0.3) is 0 Å². The molecule has 3 nitrogen and oxygen atoms in total. The van der Waals surface area contributed by atoms with Gasteiger partial charge in [0, 0.05) is 4.47 Å². The Labute approximate surface area is 110 Å². The Morgan fingerprint density at radius 2 is 2.24 bits per heavy atom. The van der Waals surface area contributed by atoms with Crippen LogP contribution < -0.4 is 4.74 Å². The molecule has 1 atom stereocenters. The van der Waals surface area contributed by atoms with Crippen molar-refractivity contribution in [2.45, 2.75) is 39.2 Å². The fourth-order valence-electron chi connectivity index (χ4n) is 1.48. The molecule has 0 aliphatic rings. The molecule has 1 unspecified atom stereocenters. The Bertz CT molecular complexity index is 390. The van der Waals surface area contributed by atoms with Gasteiger partial charge in [-0.2, -0.15) is 0 Å². The van der Waals surface area contributed by atoms with E-state index in [2.05, 4.69) is 15.9 Å². The van der Waals surface area contributed by atoms with Crippen molar-refractivity contribution >= 4 is 21.9 Å². The van der Waals surface area contributed by atoms with Gasteiger partial charge >= 0.3 is 5.97 Å². The number of carboxylic acid groups (broad SMARTS) is 1. The van der Waals surface area contributed by atoms with Crippen LogP contribution in [0.4, 0.5) is 0 Å². The molecule has 1 aromatic carbocycles. The average Bonchev–Trinajstić information content (AvgIpc) is 2.28. The predicted octanol–water partition coefficient (Wildman–Crippen LogP) is 3.78. The number of carbonyl (C=O) groups is 1. The second-order valence-electron chi connectivity index (χ2n) is 4.00. The zero-order chi connectivity index (χ0) is 12.8. The zero-order valence-electron chi connectivity index (χ0n) is 10.1. The highest BCUT2D eigenvalue weighted by molar-refractivity contribution is 9.10. The summed E-state index contributed by atoms with van der Waals surface area (Å²) in [5, 5.41) is 9.05. The molecule has 0 aliphatic heterocycles. The maximum absolute atomic E-state index is 11.0.